The Labute approximate surface area is 134 Å². The van der Waals surface area contributed by atoms with E-state index >= 15 is 0 Å². The van der Waals surface area contributed by atoms with Crippen LogP contribution >= 0.6 is 23.2 Å². The SMILES string of the molecule is O=C(COc1ccc(Cl)cc1Cl)NC1CCC(CO)CC1. The Morgan fingerprint density at radius 1 is 1.29 bits per heavy atom. The van der Waals surface area contributed by atoms with Crippen molar-refractivity contribution in [3.05, 3.63) is 28.2 Å². The minimum atomic E-state index is -0.159. The molecule has 6 heteroatoms. The zero-order chi connectivity index (χ0) is 15.2. The molecule has 1 aliphatic carbocycles. The van der Waals surface area contributed by atoms with Crippen LogP contribution in [0.1, 0.15) is 25.7 Å². The third kappa shape index (κ3) is 5.06. The number of ether oxygens (including phenoxy) is 1. The molecule has 0 bridgehead atoms. The number of aliphatic hydroxyl groups is 1. The summed E-state index contributed by atoms with van der Waals surface area (Å²) in [6, 6.07) is 5.05. The third-order valence-corrected chi connectivity index (χ3v) is 4.25. The fourth-order valence-corrected chi connectivity index (χ4v) is 2.96. The first-order valence-corrected chi connectivity index (χ1v) is 7.82. The number of nitrogens with one attached hydrogen (secondary N) is 1. The van der Waals surface area contributed by atoms with Crippen molar-refractivity contribution in [1.29, 1.82) is 0 Å². The predicted molar refractivity (Wildman–Crippen MR) is 82.9 cm³/mol. The van der Waals surface area contributed by atoms with Gasteiger partial charge < -0.3 is 15.2 Å². The zero-order valence-electron chi connectivity index (χ0n) is 11.6. The van der Waals surface area contributed by atoms with Gasteiger partial charge in [-0.25, -0.2) is 0 Å². The summed E-state index contributed by atoms with van der Waals surface area (Å²) < 4.78 is 5.39. The molecule has 1 aliphatic rings. The van der Waals surface area contributed by atoms with Gasteiger partial charge in [-0.3, -0.25) is 4.79 Å². The van der Waals surface area contributed by atoms with Gasteiger partial charge in [-0.05, 0) is 49.8 Å². The van der Waals surface area contributed by atoms with Crippen molar-refractivity contribution in [1.82, 2.24) is 5.32 Å². The fourth-order valence-electron chi connectivity index (χ4n) is 2.49. The number of halogens is 2. The number of carbonyl (C=O) groups excluding carboxylic acids is 1. The minimum Gasteiger partial charge on any atom is -0.482 e. The van der Waals surface area contributed by atoms with Crippen molar-refractivity contribution in [3.63, 3.8) is 0 Å². The molecule has 2 N–H and O–H groups in total. The Hall–Kier alpha value is -0.970. The van der Waals surface area contributed by atoms with Gasteiger partial charge >= 0.3 is 0 Å². The molecule has 21 heavy (non-hydrogen) atoms. The van der Waals surface area contributed by atoms with Crippen LogP contribution in [0.15, 0.2) is 18.2 Å². The molecule has 1 aromatic rings. The van der Waals surface area contributed by atoms with Crippen LogP contribution in [0.25, 0.3) is 0 Å². The van der Waals surface area contributed by atoms with Crippen LogP contribution in [0.2, 0.25) is 10.0 Å². The van der Waals surface area contributed by atoms with E-state index in [9.17, 15) is 4.79 Å². The average Bonchev–Trinajstić information content (AvgIpc) is 2.47. The van der Waals surface area contributed by atoms with E-state index in [0.29, 0.717) is 21.7 Å². The Bertz CT molecular complexity index is 488. The highest BCUT2D eigenvalue weighted by molar-refractivity contribution is 6.35. The number of aliphatic hydroxyl groups excluding tert-OH is 1. The van der Waals surface area contributed by atoms with Crippen molar-refractivity contribution >= 4 is 29.1 Å². The molecule has 1 aromatic carbocycles. The molecule has 116 valence electrons. The summed E-state index contributed by atoms with van der Waals surface area (Å²) in [6.45, 7) is 0.167. The van der Waals surface area contributed by atoms with Crippen molar-refractivity contribution in [2.45, 2.75) is 31.7 Å². The molecule has 0 radical (unpaired) electrons. The van der Waals surface area contributed by atoms with Crippen LogP contribution in [0.4, 0.5) is 0 Å². The van der Waals surface area contributed by atoms with Crippen molar-refractivity contribution in [2.24, 2.45) is 5.92 Å². The molecule has 0 aromatic heterocycles. The van der Waals surface area contributed by atoms with Gasteiger partial charge in [-0.15, -0.1) is 0 Å². The molecular formula is C15H19Cl2NO3. The van der Waals surface area contributed by atoms with Crippen molar-refractivity contribution < 1.29 is 14.6 Å². The monoisotopic (exact) mass is 331 g/mol. The molecule has 1 fully saturated rings. The van der Waals surface area contributed by atoms with E-state index in [0.717, 1.165) is 25.7 Å². The number of amides is 1. The third-order valence-electron chi connectivity index (χ3n) is 3.72. The lowest BCUT2D eigenvalue weighted by Crippen LogP contribution is -2.40. The van der Waals surface area contributed by atoms with Gasteiger partial charge in [0.05, 0.1) is 5.02 Å². The maximum Gasteiger partial charge on any atom is 0.258 e. The lowest BCUT2D eigenvalue weighted by Gasteiger charge is -2.27. The Balaban J connectivity index is 1.75. The van der Waals surface area contributed by atoms with Gasteiger partial charge in [0, 0.05) is 17.7 Å². The van der Waals surface area contributed by atoms with E-state index in [1.54, 1.807) is 18.2 Å². The maximum absolute atomic E-state index is 11.9. The van der Waals surface area contributed by atoms with E-state index in [1.165, 1.54) is 0 Å². The predicted octanol–water partition coefficient (Wildman–Crippen LogP) is 3.04. The standard InChI is InChI=1S/C15H19Cl2NO3/c16-11-3-6-14(13(17)7-11)21-9-15(20)18-12-4-1-10(8-19)2-5-12/h3,6-7,10,12,19H,1-2,4-5,8-9H2,(H,18,20). The molecule has 0 heterocycles. The van der Waals surface area contributed by atoms with Gasteiger partial charge in [0.1, 0.15) is 5.75 Å². The van der Waals surface area contributed by atoms with Gasteiger partial charge in [0.2, 0.25) is 0 Å². The normalized spacial score (nSPS) is 21.9. The number of carbonyl (C=O) groups is 1. The summed E-state index contributed by atoms with van der Waals surface area (Å²) >= 11 is 11.8. The molecule has 0 spiro atoms. The highest BCUT2D eigenvalue weighted by Crippen LogP contribution is 2.27. The molecule has 0 unspecified atom stereocenters. The van der Waals surface area contributed by atoms with Crippen LogP contribution in [-0.4, -0.2) is 30.3 Å². The smallest absolute Gasteiger partial charge is 0.258 e. The number of hydrogen-bond acceptors (Lipinski definition) is 3. The second-order valence-electron chi connectivity index (χ2n) is 5.33. The van der Waals surface area contributed by atoms with Crippen LogP contribution in [0, 0.1) is 5.92 Å². The summed E-state index contributed by atoms with van der Waals surface area (Å²) in [4.78, 5) is 11.9. The fraction of sp³-hybridized carbons (Fsp3) is 0.533. The Kier molecular flexibility index (Phi) is 6.15. The highest BCUT2D eigenvalue weighted by Gasteiger charge is 2.21. The molecule has 0 atom stereocenters. The average molecular weight is 332 g/mol. The Morgan fingerprint density at radius 2 is 2.00 bits per heavy atom. The first-order valence-electron chi connectivity index (χ1n) is 7.06. The summed E-state index contributed by atoms with van der Waals surface area (Å²) in [5, 5.41) is 12.9. The zero-order valence-corrected chi connectivity index (χ0v) is 13.2. The topological polar surface area (TPSA) is 58.6 Å². The van der Waals surface area contributed by atoms with E-state index in [-0.39, 0.29) is 25.2 Å². The van der Waals surface area contributed by atoms with E-state index < -0.39 is 0 Å². The quantitative estimate of drug-likeness (QED) is 0.871. The molecule has 2 rings (SSSR count). The van der Waals surface area contributed by atoms with Crippen LogP contribution < -0.4 is 10.1 Å². The first kappa shape index (κ1) is 16.4. The van der Waals surface area contributed by atoms with Crippen molar-refractivity contribution in [3.8, 4) is 5.75 Å². The summed E-state index contributed by atoms with van der Waals surface area (Å²) in [7, 11) is 0. The van der Waals surface area contributed by atoms with Crippen LogP contribution in [-0.2, 0) is 4.79 Å². The number of benzene rings is 1. The summed E-state index contributed by atoms with van der Waals surface area (Å²) in [5.74, 6) is 0.663. The lowest BCUT2D eigenvalue weighted by molar-refractivity contribution is -0.124. The van der Waals surface area contributed by atoms with E-state index in [4.69, 9.17) is 33.0 Å². The Morgan fingerprint density at radius 3 is 2.62 bits per heavy atom. The highest BCUT2D eigenvalue weighted by atomic mass is 35.5. The second kappa shape index (κ2) is 7.87. The lowest BCUT2D eigenvalue weighted by atomic mass is 9.86. The molecular weight excluding hydrogens is 313 g/mol. The van der Waals surface area contributed by atoms with Crippen LogP contribution in [0.3, 0.4) is 0 Å². The van der Waals surface area contributed by atoms with E-state index in [1.807, 2.05) is 0 Å². The summed E-state index contributed by atoms with van der Waals surface area (Å²) in [5.41, 5.74) is 0. The largest absolute Gasteiger partial charge is 0.482 e. The van der Waals surface area contributed by atoms with Crippen molar-refractivity contribution in [2.75, 3.05) is 13.2 Å². The molecule has 4 nitrogen and oxygen atoms in total. The van der Waals surface area contributed by atoms with Gasteiger partial charge in [0.15, 0.2) is 6.61 Å². The number of hydrogen-bond donors (Lipinski definition) is 2. The molecule has 1 saturated carbocycles. The maximum atomic E-state index is 11.9. The summed E-state index contributed by atoms with van der Waals surface area (Å²) in [6.07, 6.45) is 3.70. The number of rotatable bonds is 5. The molecule has 0 aliphatic heterocycles. The van der Waals surface area contributed by atoms with Gasteiger partial charge in [-0.1, -0.05) is 23.2 Å². The second-order valence-corrected chi connectivity index (χ2v) is 6.17. The van der Waals surface area contributed by atoms with Gasteiger partial charge in [0.25, 0.3) is 5.91 Å². The van der Waals surface area contributed by atoms with Crippen LogP contribution in [0.5, 0.6) is 5.75 Å². The molecule has 0 saturated heterocycles. The van der Waals surface area contributed by atoms with Gasteiger partial charge in [-0.2, -0.15) is 0 Å². The van der Waals surface area contributed by atoms with E-state index in [2.05, 4.69) is 5.32 Å². The molecule has 1 amide bonds. The minimum absolute atomic E-state index is 0.0682. The first-order chi connectivity index (χ1) is 10.1.